The Bertz CT molecular complexity index is 1030. The highest BCUT2D eigenvalue weighted by molar-refractivity contribution is 7.80. The minimum atomic E-state index is -0.679. The van der Waals surface area contributed by atoms with Crippen LogP contribution in [0.5, 0.6) is 0 Å². The van der Waals surface area contributed by atoms with Crippen LogP contribution < -0.4 is 10.2 Å². The average molecular weight is 496 g/mol. The predicted molar refractivity (Wildman–Crippen MR) is 141 cm³/mol. The van der Waals surface area contributed by atoms with Crippen LogP contribution in [0.3, 0.4) is 0 Å². The quantitative estimate of drug-likeness (QED) is 0.249. The van der Waals surface area contributed by atoms with E-state index in [1.54, 1.807) is 31.2 Å². The molecule has 35 heavy (non-hydrogen) atoms. The van der Waals surface area contributed by atoms with E-state index in [4.69, 9.17) is 17.0 Å². The van der Waals surface area contributed by atoms with Gasteiger partial charge < -0.3 is 15.0 Å². The Hall–Kier alpha value is -3.26. The number of amides is 2. The molecule has 0 unspecified atom stereocenters. The number of anilines is 2. The van der Waals surface area contributed by atoms with E-state index in [-0.39, 0.29) is 24.8 Å². The fourth-order valence-electron chi connectivity index (χ4n) is 4.08. The molecular weight excluding hydrogens is 462 g/mol. The number of hydrogen-bond acceptors (Lipinski definition) is 5. The Morgan fingerprint density at radius 3 is 2.31 bits per heavy atom. The summed E-state index contributed by atoms with van der Waals surface area (Å²) in [5, 5.41) is 3.25. The lowest BCUT2D eigenvalue weighted by Crippen LogP contribution is -2.38. The molecule has 1 aliphatic heterocycles. The zero-order chi connectivity index (χ0) is 25.2. The number of esters is 1. The van der Waals surface area contributed by atoms with Gasteiger partial charge in [0.15, 0.2) is 5.11 Å². The van der Waals surface area contributed by atoms with Gasteiger partial charge in [-0.3, -0.25) is 14.5 Å². The van der Waals surface area contributed by atoms with E-state index >= 15 is 0 Å². The van der Waals surface area contributed by atoms with Crippen LogP contribution in [0.25, 0.3) is 0 Å². The maximum Gasteiger partial charge on any atom is 0.338 e. The minimum absolute atomic E-state index is 0.000235. The second-order valence-corrected chi connectivity index (χ2v) is 8.83. The topological polar surface area (TPSA) is 79.0 Å². The molecule has 186 valence electrons. The van der Waals surface area contributed by atoms with Crippen molar-refractivity contribution >= 4 is 46.5 Å². The number of ether oxygens (including phenoxy) is 1. The molecule has 2 aromatic carbocycles. The highest BCUT2D eigenvalue weighted by Crippen LogP contribution is 2.28. The molecule has 1 atom stereocenters. The van der Waals surface area contributed by atoms with Gasteiger partial charge in [-0.15, -0.1) is 0 Å². The lowest BCUT2D eigenvalue weighted by molar-refractivity contribution is -0.124. The maximum absolute atomic E-state index is 13.5. The number of rotatable bonds is 12. The van der Waals surface area contributed by atoms with Crippen molar-refractivity contribution in [3.8, 4) is 0 Å². The second kappa shape index (κ2) is 13.0. The van der Waals surface area contributed by atoms with Gasteiger partial charge in [0.1, 0.15) is 6.04 Å². The van der Waals surface area contributed by atoms with Gasteiger partial charge in [-0.05, 0) is 62.0 Å². The molecule has 2 aromatic rings. The van der Waals surface area contributed by atoms with Crippen LogP contribution in [0.2, 0.25) is 0 Å². The molecule has 7 nitrogen and oxygen atoms in total. The Balaban J connectivity index is 1.76. The Kier molecular flexibility index (Phi) is 9.78. The zero-order valence-corrected chi connectivity index (χ0v) is 21.2. The summed E-state index contributed by atoms with van der Waals surface area (Å²) in [6, 6.07) is 15.1. The number of nitrogens with one attached hydrogen (secondary N) is 1. The molecule has 8 heteroatoms. The largest absolute Gasteiger partial charge is 0.462 e. The normalized spacial score (nSPS) is 15.4. The molecule has 2 amide bonds. The van der Waals surface area contributed by atoms with Gasteiger partial charge in [-0.1, -0.05) is 50.8 Å². The number of unbranched alkanes of at least 4 members (excludes halogenated alkanes) is 4. The maximum atomic E-state index is 13.5. The molecule has 1 aliphatic rings. The van der Waals surface area contributed by atoms with Crippen LogP contribution in [-0.4, -0.2) is 47.0 Å². The van der Waals surface area contributed by atoms with Crippen molar-refractivity contribution in [1.82, 2.24) is 4.90 Å². The monoisotopic (exact) mass is 495 g/mol. The minimum Gasteiger partial charge on any atom is -0.462 e. The molecule has 0 aliphatic carbocycles. The summed E-state index contributed by atoms with van der Waals surface area (Å²) in [6.07, 6.45) is 5.38. The highest BCUT2D eigenvalue weighted by Gasteiger charge is 2.43. The van der Waals surface area contributed by atoms with E-state index in [9.17, 15) is 14.4 Å². The molecule has 0 saturated carbocycles. The molecule has 1 heterocycles. The molecule has 1 saturated heterocycles. The number of nitrogens with zero attached hydrogens (tertiary/aromatic N) is 2. The lowest BCUT2D eigenvalue weighted by atomic mass is 10.1. The van der Waals surface area contributed by atoms with E-state index < -0.39 is 12.0 Å². The molecular formula is C27H33N3O4S. The van der Waals surface area contributed by atoms with Gasteiger partial charge >= 0.3 is 5.97 Å². The Morgan fingerprint density at radius 1 is 0.971 bits per heavy atom. The summed E-state index contributed by atoms with van der Waals surface area (Å²) in [5.41, 5.74) is 1.65. The van der Waals surface area contributed by atoms with Crippen LogP contribution in [-0.2, 0) is 14.3 Å². The standard InChI is InChI=1S/C27H33N3O4S/c1-3-5-6-7-11-18-29-23(19-24(31)28-21-12-9-8-10-13-21)25(32)30(27(29)35)22-16-14-20(15-17-22)26(33)34-4-2/h8-10,12-17,23H,3-7,11,18-19H2,1-2H3,(H,28,31)/t23-/m0/s1. The first-order valence-electron chi connectivity index (χ1n) is 12.2. The van der Waals surface area contributed by atoms with Crippen molar-refractivity contribution in [1.29, 1.82) is 0 Å². The summed E-state index contributed by atoms with van der Waals surface area (Å²) in [4.78, 5) is 41.6. The summed E-state index contributed by atoms with van der Waals surface area (Å²) < 4.78 is 5.04. The van der Waals surface area contributed by atoms with Crippen LogP contribution >= 0.6 is 12.2 Å². The van der Waals surface area contributed by atoms with Crippen molar-refractivity contribution in [2.75, 3.05) is 23.4 Å². The van der Waals surface area contributed by atoms with Crippen LogP contribution in [0.1, 0.15) is 62.7 Å². The Labute approximate surface area is 212 Å². The first kappa shape index (κ1) is 26.3. The van der Waals surface area contributed by atoms with E-state index in [2.05, 4.69) is 12.2 Å². The van der Waals surface area contributed by atoms with Gasteiger partial charge in [0.05, 0.1) is 24.3 Å². The summed E-state index contributed by atoms with van der Waals surface area (Å²) >= 11 is 5.72. The zero-order valence-electron chi connectivity index (χ0n) is 20.4. The second-order valence-electron chi connectivity index (χ2n) is 8.47. The SMILES string of the molecule is CCCCCCCN1C(=S)N(c2ccc(C(=O)OCC)cc2)C(=O)[C@@H]1CC(=O)Nc1ccccc1. The summed E-state index contributed by atoms with van der Waals surface area (Å²) in [6.45, 7) is 4.81. The van der Waals surface area contributed by atoms with Crippen molar-refractivity contribution < 1.29 is 19.1 Å². The van der Waals surface area contributed by atoms with Crippen LogP contribution in [0, 0.1) is 0 Å². The Morgan fingerprint density at radius 2 is 1.66 bits per heavy atom. The van der Waals surface area contributed by atoms with E-state index in [0.29, 0.717) is 28.6 Å². The third-order valence-corrected chi connectivity index (χ3v) is 6.31. The van der Waals surface area contributed by atoms with Gasteiger partial charge in [-0.25, -0.2) is 4.79 Å². The van der Waals surface area contributed by atoms with Crippen molar-refractivity contribution in [2.24, 2.45) is 0 Å². The van der Waals surface area contributed by atoms with Gasteiger partial charge in [0, 0.05) is 12.2 Å². The van der Waals surface area contributed by atoms with Crippen LogP contribution in [0.4, 0.5) is 11.4 Å². The third kappa shape index (κ3) is 6.88. The molecule has 1 N–H and O–H groups in total. The molecule has 0 radical (unpaired) electrons. The van der Waals surface area contributed by atoms with Crippen molar-refractivity contribution in [3.63, 3.8) is 0 Å². The molecule has 0 spiro atoms. The first-order chi connectivity index (χ1) is 17.0. The summed E-state index contributed by atoms with van der Waals surface area (Å²) in [5.74, 6) is -0.901. The van der Waals surface area contributed by atoms with E-state index in [1.165, 1.54) is 11.3 Å². The number of hydrogen-bond donors (Lipinski definition) is 1. The number of thiocarbonyl (C=S) groups is 1. The molecule has 1 fully saturated rings. The first-order valence-corrected chi connectivity index (χ1v) is 12.6. The smallest absolute Gasteiger partial charge is 0.338 e. The van der Waals surface area contributed by atoms with Crippen molar-refractivity contribution in [3.05, 3.63) is 60.2 Å². The number of benzene rings is 2. The average Bonchev–Trinajstić information content (AvgIpc) is 3.08. The van der Waals surface area contributed by atoms with Crippen LogP contribution in [0.15, 0.2) is 54.6 Å². The lowest BCUT2D eigenvalue weighted by Gasteiger charge is -2.24. The predicted octanol–water partition coefficient (Wildman–Crippen LogP) is 5.16. The van der Waals surface area contributed by atoms with Gasteiger partial charge in [0.25, 0.3) is 5.91 Å². The van der Waals surface area contributed by atoms with Crippen molar-refractivity contribution in [2.45, 2.75) is 58.4 Å². The van der Waals surface area contributed by atoms with E-state index in [1.807, 2.05) is 35.2 Å². The highest BCUT2D eigenvalue weighted by atomic mass is 32.1. The number of carbonyl (C=O) groups is 3. The molecule has 3 rings (SSSR count). The number of carbonyl (C=O) groups excluding carboxylic acids is 3. The molecule has 0 aromatic heterocycles. The summed E-state index contributed by atoms with van der Waals surface area (Å²) in [7, 11) is 0. The van der Waals surface area contributed by atoms with Gasteiger partial charge in [0.2, 0.25) is 5.91 Å². The van der Waals surface area contributed by atoms with Gasteiger partial charge in [-0.2, -0.15) is 0 Å². The third-order valence-electron chi connectivity index (χ3n) is 5.89. The fraction of sp³-hybridized carbons (Fsp3) is 0.407. The molecule has 0 bridgehead atoms. The fourth-order valence-corrected chi connectivity index (χ4v) is 4.49. The number of para-hydroxylation sites is 1. The van der Waals surface area contributed by atoms with E-state index in [0.717, 1.165) is 25.7 Å².